The number of carbonyl (C=O) groups is 1. The van der Waals surface area contributed by atoms with Gasteiger partial charge in [-0.25, -0.2) is 4.79 Å². The van der Waals surface area contributed by atoms with Crippen molar-refractivity contribution in [1.29, 1.82) is 0 Å². The molecule has 0 spiro atoms. The molecule has 0 amide bonds. The van der Waals surface area contributed by atoms with E-state index in [9.17, 15) is 4.79 Å². The maximum absolute atomic E-state index is 12.4. The minimum absolute atomic E-state index is 0.230. The van der Waals surface area contributed by atoms with Gasteiger partial charge in [0.15, 0.2) is 6.10 Å². The molecule has 0 fully saturated rings. The summed E-state index contributed by atoms with van der Waals surface area (Å²) < 4.78 is 18.2. The third kappa shape index (κ3) is 4.03. The third-order valence-electron chi connectivity index (χ3n) is 4.41. The van der Waals surface area contributed by atoms with E-state index < -0.39 is 12.1 Å². The molecule has 0 bridgehead atoms. The molecule has 4 rings (SSSR count). The molecule has 0 aliphatic rings. The first-order valence-corrected chi connectivity index (χ1v) is 9.06. The van der Waals surface area contributed by atoms with Crippen molar-refractivity contribution < 1.29 is 18.7 Å². The largest absolute Gasteiger partial charge is 0.497 e. The number of ether oxygens (including phenoxy) is 2. The third-order valence-corrected chi connectivity index (χ3v) is 4.41. The first kappa shape index (κ1) is 18.5. The van der Waals surface area contributed by atoms with Crippen LogP contribution < -0.4 is 4.74 Å². The number of esters is 1. The molecule has 7 heteroatoms. The SMILES string of the molecule is COc1ccc(-c2nnc([C@@H](C)OC(=O)c3ccc(-n4cccc4)cc3)o2)cc1. The Bertz CT molecular complexity index is 1080. The number of aromatic nitrogens is 3. The van der Waals surface area contributed by atoms with Crippen LogP contribution >= 0.6 is 0 Å². The lowest BCUT2D eigenvalue weighted by Gasteiger charge is -2.10. The predicted molar refractivity (Wildman–Crippen MR) is 106 cm³/mol. The summed E-state index contributed by atoms with van der Waals surface area (Å²) in [5.74, 6) is 0.856. The van der Waals surface area contributed by atoms with Gasteiger partial charge in [0, 0.05) is 23.6 Å². The Kier molecular flexibility index (Phi) is 5.11. The molecule has 0 saturated carbocycles. The predicted octanol–water partition coefficient (Wildman–Crippen LogP) is 4.45. The fraction of sp³-hybridized carbons (Fsp3) is 0.136. The van der Waals surface area contributed by atoms with Crippen LogP contribution in [0.5, 0.6) is 5.75 Å². The molecule has 1 atom stereocenters. The Labute approximate surface area is 167 Å². The number of carbonyl (C=O) groups excluding carboxylic acids is 1. The van der Waals surface area contributed by atoms with E-state index in [0.717, 1.165) is 17.0 Å². The van der Waals surface area contributed by atoms with Gasteiger partial charge < -0.3 is 18.5 Å². The van der Waals surface area contributed by atoms with Crippen molar-refractivity contribution in [2.45, 2.75) is 13.0 Å². The summed E-state index contributed by atoms with van der Waals surface area (Å²) in [6.45, 7) is 1.69. The van der Waals surface area contributed by atoms with Crippen LogP contribution in [0.25, 0.3) is 17.1 Å². The average molecular weight is 389 g/mol. The number of hydrogen-bond acceptors (Lipinski definition) is 6. The number of benzene rings is 2. The topological polar surface area (TPSA) is 79.4 Å². The molecule has 0 aliphatic heterocycles. The molecule has 0 radical (unpaired) electrons. The maximum atomic E-state index is 12.4. The van der Waals surface area contributed by atoms with Gasteiger partial charge in [-0.05, 0) is 67.6 Å². The zero-order chi connectivity index (χ0) is 20.2. The van der Waals surface area contributed by atoms with Crippen LogP contribution in [0.15, 0.2) is 77.5 Å². The summed E-state index contributed by atoms with van der Waals surface area (Å²) >= 11 is 0. The summed E-state index contributed by atoms with van der Waals surface area (Å²) in [5, 5.41) is 8.03. The smallest absolute Gasteiger partial charge is 0.338 e. The molecular weight excluding hydrogens is 370 g/mol. The molecule has 29 heavy (non-hydrogen) atoms. The fourth-order valence-electron chi connectivity index (χ4n) is 2.80. The van der Waals surface area contributed by atoms with Gasteiger partial charge in [0.25, 0.3) is 5.89 Å². The molecule has 2 heterocycles. The van der Waals surface area contributed by atoms with E-state index in [0.29, 0.717) is 11.5 Å². The van der Waals surface area contributed by atoms with E-state index in [-0.39, 0.29) is 5.89 Å². The van der Waals surface area contributed by atoms with E-state index >= 15 is 0 Å². The normalized spacial score (nSPS) is 11.8. The maximum Gasteiger partial charge on any atom is 0.338 e. The Morgan fingerprint density at radius 3 is 2.34 bits per heavy atom. The van der Waals surface area contributed by atoms with E-state index in [1.54, 1.807) is 38.3 Å². The fourth-order valence-corrected chi connectivity index (χ4v) is 2.80. The first-order valence-electron chi connectivity index (χ1n) is 9.06. The molecule has 2 aromatic heterocycles. The number of methoxy groups -OCH3 is 1. The summed E-state index contributed by atoms with van der Waals surface area (Å²) in [6, 6.07) is 18.3. The first-order chi connectivity index (χ1) is 14.1. The van der Waals surface area contributed by atoms with E-state index in [1.165, 1.54) is 0 Å². The highest BCUT2D eigenvalue weighted by Crippen LogP contribution is 2.25. The summed E-state index contributed by atoms with van der Waals surface area (Å²) in [4.78, 5) is 12.4. The number of hydrogen-bond donors (Lipinski definition) is 0. The van der Waals surface area contributed by atoms with Gasteiger partial charge in [0.2, 0.25) is 5.89 Å². The van der Waals surface area contributed by atoms with Crippen molar-refractivity contribution in [3.05, 3.63) is 84.5 Å². The van der Waals surface area contributed by atoms with Gasteiger partial charge in [0.1, 0.15) is 5.75 Å². The van der Waals surface area contributed by atoms with Crippen molar-refractivity contribution in [3.63, 3.8) is 0 Å². The molecule has 4 aromatic rings. The lowest BCUT2D eigenvalue weighted by atomic mass is 10.2. The molecular formula is C22H19N3O4. The van der Waals surface area contributed by atoms with Gasteiger partial charge in [-0.2, -0.15) is 0 Å². The second kappa shape index (κ2) is 8.02. The van der Waals surface area contributed by atoms with Crippen LogP contribution in [0, 0.1) is 0 Å². The second-order valence-electron chi connectivity index (χ2n) is 6.36. The minimum Gasteiger partial charge on any atom is -0.497 e. The average Bonchev–Trinajstić information content (AvgIpc) is 3.46. The number of rotatable bonds is 6. The molecule has 0 saturated heterocycles. The molecule has 0 unspecified atom stereocenters. The minimum atomic E-state index is -0.675. The highest BCUT2D eigenvalue weighted by Gasteiger charge is 2.20. The second-order valence-corrected chi connectivity index (χ2v) is 6.36. The Morgan fingerprint density at radius 2 is 1.69 bits per heavy atom. The molecule has 2 aromatic carbocycles. The van der Waals surface area contributed by atoms with Crippen LogP contribution in [0.3, 0.4) is 0 Å². The van der Waals surface area contributed by atoms with Gasteiger partial charge in [-0.3, -0.25) is 0 Å². The van der Waals surface area contributed by atoms with E-state index in [1.807, 2.05) is 53.4 Å². The van der Waals surface area contributed by atoms with Crippen molar-refractivity contribution in [1.82, 2.24) is 14.8 Å². The Morgan fingerprint density at radius 1 is 1.00 bits per heavy atom. The quantitative estimate of drug-likeness (QED) is 0.453. The van der Waals surface area contributed by atoms with Crippen LogP contribution in [0.2, 0.25) is 0 Å². The summed E-state index contributed by atoms with van der Waals surface area (Å²) in [7, 11) is 1.60. The zero-order valence-corrected chi connectivity index (χ0v) is 16.0. The van der Waals surface area contributed by atoms with E-state index in [4.69, 9.17) is 13.9 Å². The molecule has 0 aliphatic carbocycles. The van der Waals surface area contributed by atoms with Gasteiger partial charge in [-0.15, -0.1) is 10.2 Å². The molecule has 0 N–H and O–H groups in total. The van der Waals surface area contributed by atoms with Gasteiger partial charge >= 0.3 is 5.97 Å². The van der Waals surface area contributed by atoms with Gasteiger partial charge in [-0.1, -0.05) is 0 Å². The summed E-state index contributed by atoms with van der Waals surface area (Å²) in [5.41, 5.74) is 2.16. The van der Waals surface area contributed by atoms with Crippen LogP contribution in [0.1, 0.15) is 29.3 Å². The van der Waals surface area contributed by atoms with Crippen molar-refractivity contribution in [2.75, 3.05) is 7.11 Å². The lowest BCUT2D eigenvalue weighted by Crippen LogP contribution is -2.09. The van der Waals surface area contributed by atoms with Crippen molar-refractivity contribution >= 4 is 5.97 Å². The van der Waals surface area contributed by atoms with Crippen LogP contribution in [-0.4, -0.2) is 27.8 Å². The van der Waals surface area contributed by atoms with Crippen molar-refractivity contribution in [3.8, 4) is 22.9 Å². The lowest BCUT2D eigenvalue weighted by molar-refractivity contribution is 0.0280. The monoisotopic (exact) mass is 389 g/mol. The summed E-state index contributed by atoms with van der Waals surface area (Å²) in [6.07, 6.45) is 3.20. The van der Waals surface area contributed by atoms with Gasteiger partial charge in [0.05, 0.1) is 12.7 Å². The standard InChI is InChI=1S/C22H19N3O4/c1-15(20-23-24-21(29-20)16-7-11-19(27-2)12-8-16)28-22(26)17-5-9-18(10-6-17)25-13-3-4-14-25/h3-15H,1-2H3/t15-/m1/s1. The molecule has 146 valence electrons. The van der Waals surface area contributed by atoms with Crippen LogP contribution in [0.4, 0.5) is 0 Å². The molecule has 7 nitrogen and oxygen atoms in total. The highest BCUT2D eigenvalue weighted by molar-refractivity contribution is 5.89. The number of nitrogens with zero attached hydrogens (tertiary/aromatic N) is 3. The van der Waals surface area contributed by atoms with Crippen molar-refractivity contribution in [2.24, 2.45) is 0 Å². The van der Waals surface area contributed by atoms with Crippen LogP contribution in [-0.2, 0) is 4.74 Å². The Balaban J connectivity index is 1.43. The van der Waals surface area contributed by atoms with E-state index in [2.05, 4.69) is 10.2 Å². The highest BCUT2D eigenvalue weighted by atomic mass is 16.6. The zero-order valence-electron chi connectivity index (χ0n) is 16.0. The Hall–Kier alpha value is -3.87.